The van der Waals surface area contributed by atoms with E-state index in [0.717, 1.165) is 6.07 Å². The molecule has 1 aromatic carbocycles. The molecule has 0 aliphatic carbocycles. The van der Waals surface area contributed by atoms with E-state index < -0.39 is 45.4 Å². The molecule has 0 aliphatic heterocycles. The van der Waals surface area contributed by atoms with Crippen LogP contribution >= 0.6 is 0 Å². The van der Waals surface area contributed by atoms with Crippen LogP contribution in [0.2, 0.25) is 0 Å². The molecular formula is C16H19B2F6NO5S. The highest BCUT2D eigenvalue weighted by Gasteiger charge is 2.76. The van der Waals surface area contributed by atoms with Gasteiger partial charge < -0.3 is 10.1 Å². The van der Waals surface area contributed by atoms with E-state index in [9.17, 15) is 39.6 Å². The van der Waals surface area contributed by atoms with E-state index >= 15 is 0 Å². The van der Waals surface area contributed by atoms with Gasteiger partial charge in [-0.1, -0.05) is 25.3 Å². The Hall–Kier alpha value is -2.15. The third kappa shape index (κ3) is 5.97. The van der Waals surface area contributed by atoms with Gasteiger partial charge in [-0.2, -0.15) is 34.8 Å². The second kappa shape index (κ2) is 9.15. The SMILES string of the molecule is BCc1ccc(C(=O)OC(CS(=O)(=O)O)(C(F)(F)F)C(F)(F)F)c(CB)c1NC(=C)C. The smallest absolute Gasteiger partial charge is 0.435 e. The fourth-order valence-corrected chi connectivity index (χ4v) is 3.76. The number of rotatable bonds is 8. The van der Waals surface area contributed by atoms with E-state index in [0.29, 0.717) is 17.6 Å². The summed E-state index contributed by atoms with van der Waals surface area (Å²) in [6.07, 6.45) is -12.4. The summed E-state index contributed by atoms with van der Waals surface area (Å²) < 4.78 is 115. The van der Waals surface area contributed by atoms with Gasteiger partial charge in [-0.05, 0) is 24.1 Å². The molecule has 2 N–H and O–H groups in total. The average molecular weight is 473 g/mol. The fraction of sp³-hybridized carbons (Fsp3) is 0.438. The number of benzene rings is 1. The van der Waals surface area contributed by atoms with Crippen LogP contribution in [-0.4, -0.2) is 58.3 Å². The van der Waals surface area contributed by atoms with Gasteiger partial charge in [-0.3, -0.25) is 4.55 Å². The molecule has 1 rings (SSSR count). The number of halogens is 6. The summed E-state index contributed by atoms with van der Waals surface area (Å²) in [5.41, 5.74) is -4.78. The first-order valence-electron chi connectivity index (χ1n) is 8.79. The molecule has 0 saturated carbocycles. The number of anilines is 1. The van der Waals surface area contributed by atoms with Crippen molar-refractivity contribution in [3.63, 3.8) is 0 Å². The maximum atomic E-state index is 13.4. The highest BCUT2D eigenvalue weighted by Crippen LogP contribution is 2.47. The summed E-state index contributed by atoms with van der Waals surface area (Å²) in [5.74, 6) is -4.99. The number of carbonyl (C=O) groups excluding carboxylic acids is 1. The molecule has 172 valence electrons. The first kappa shape index (κ1) is 26.9. The maximum absolute atomic E-state index is 13.4. The second-order valence-electron chi connectivity index (χ2n) is 6.68. The molecule has 31 heavy (non-hydrogen) atoms. The van der Waals surface area contributed by atoms with Crippen molar-refractivity contribution in [2.75, 3.05) is 11.1 Å². The van der Waals surface area contributed by atoms with Crippen LogP contribution in [0.15, 0.2) is 24.4 Å². The number of carbonyl (C=O) groups is 1. The molecule has 15 heteroatoms. The van der Waals surface area contributed by atoms with Crippen LogP contribution < -0.4 is 5.32 Å². The summed E-state index contributed by atoms with van der Waals surface area (Å²) in [6, 6.07) is 2.31. The fourth-order valence-electron chi connectivity index (χ4n) is 2.86. The number of nitrogens with one attached hydrogen (secondary N) is 1. The monoisotopic (exact) mass is 473 g/mol. The van der Waals surface area contributed by atoms with Gasteiger partial charge in [0.05, 0.1) is 5.56 Å². The minimum absolute atomic E-state index is 0.0111. The van der Waals surface area contributed by atoms with Crippen LogP contribution in [0.4, 0.5) is 32.0 Å². The molecule has 0 spiro atoms. The molecule has 0 amide bonds. The zero-order valence-electron chi connectivity index (χ0n) is 16.7. The standard InChI is InChI=1S/C16H19B2F6NO5S/c1-8(2)25-12-9(5-17)3-4-10(11(12)6-18)13(26)30-14(15(19,20)21,16(22,23)24)7-31(27,28)29/h3-4,25H,1,5-7,17-18H2,2H3,(H,27,28,29). The normalized spacial score (nSPS) is 13.0. The van der Waals surface area contributed by atoms with Crippen molar-refractivity contribution >= 4 is 37.5 Å². The molecule has 0 unspecified atom stereocenters. The molecule has 1 aromatic rings. The third-order valence-corrected chi connectivity index (χ3v) is 5.03. The van der Waals surface area contributed by atoms with Crippen molar-refractivity contribution in [2.24, 2.45) is 0 Å². The van der Waals surface area contributed by atoms with Crippen LogP contribution in [0.5, 0.6) is 0 Å². The van der Waals surface area contributed by atoms with E-state index in [1.54, 1.807) is 14.8 Å². The molecule has 0 aliphatic rings. The Bertz CT molecular complexity index is 948. The Labute approximate surface area is 176 Å². The van der Waals surface area contributed by atoms with Crippen molar-refractivity contribution in [3.8, 4) is 0 Å². The lowest BCUT2D eigenvalue weighted by atomic mass is 9.85. The van der Waals surface area contributed by atoms with Crippen LogP contribution in [0.3, 0.4) is 0 Å². The van der Waals surface area contributed by atoms with Crippen molar-refractivity contribution in [1.29, 1.82) is 0 Å². The van der Waals surface area contributed by atoms with Gasteiger partial charge in [0.15, 0.2) is 0 Å². The number of esters is 1. The number of hydrogen-bond acceptors (Lipinski definition) is 5. The number of alkyl halides is 6. The first-order valence-corrected chi connectivity index (χ1v) is 10.4. The number of allylic oxidation sites excluding steroid dienone is 1. The highest BCUT2D eigenvalue weighted by molar-refractivity contribution is 7.85. The van der Waals surface area contributed by atoms with Crippen molar-refractivity contribution < 1.29 is 48.8 Å². The zero-order chi connectivity index (χ0) is 24.4. The topological polar surface area (TPSA) is 92.7 Å². The van der Waals surface area contributed by atoms with Crippen LogP contribution in [0, 0.1) is 0 Å². The molecule has 0 bridgehead atoms. The molecule has 6 nitrogen and oxygen atoms in total. The lowest BCUT2D eigenvalue weighted by molar-refractivity contribution is -0.356. The van der Waals surface area contributed by atoms with Crippen LogP contribution in [0.1, 0.15) is 28.4 Å². The predicted octanol–water partition coefficient (Wildman–Crippen LogP) is 1.81. The summed E-state index contributed by atoms with van der Waals surface area (Å²) >= 11 is 0. The summed E-state index contributed by atoms with van der Waals surface area (Å²) in [4.78, 5) is 12.5. The highest BCUT2D eigenvalue weighted by atomic mass is 32.2. The Morgan fingerprint density at radius 3 is 2.00 bits per heavy atom. The maximum Gasteiger partial charge on any atom is 0.438 e. The molecule has 0 atom stereocenters. The van der Waals surface area contributed by atoms with Gasteiger partial charge in [0.2, 0.25) is 0 Å². The van der Waals surface area contributed by atoms with E-state index in [2.05, 4.69) is 16.6 Å². The Kier molecular flexibility index (Phi) is 7.93. The lowest BCUT2D eigenvalue weighted by Crippen LogP contribution is -2.63. The molecule has 0 aromatic heterocycles. The van der Waals surface area contributed by atoms with Gasteiger partial charge in [0.25, 0.3) is 10.1 Å². The largest absolute Gasteiger partial charge is 0.438 e. The minimum atomic E-state index is -6.40. The van der Waals surface area contributed by atoms with Gasteiger partial charge in [-0.25, -0.2) is 4.79 Å². The van der Waals surface area contributed by atoms with E-state index in [-0.39, 0.29) is 17.6 Å². The van der Waals surface area contributed by atoms with Gasteiger partial charge in [0.1, 0.15) is 21.4 Å². The molecule has 0 heterocycles. The summed E-state index contributed by atoms with van der Waals surface area (Å²) in [6.45, 7) is 5.17. The van der Waals surface area contributed by atoms with Gasteiger partial charge in [0, 0.05) is 11.4 Å². The third-order valence-electron chi connectivity index (χ3n) is 4.26. The summed E-state index contributed by atoms with van der Waals surface area (Å²) in [5, 5.41) is 2.82. The predicted molar refractivity (Wildman–Crippen MR) is 106 cm³/mol. The zero-order valence-corrected chi connectivity index (χ0v) is 17.6. The van der Waals surface area contributed by atoms with Crippen LogP contribution in [-0.2, 0) is 27.5 Å². The summed E-state index contributed by atoms with van der Waals surface area (Å²) in [7, 11) is -2.62. The molecule has 0 fully saturated rings. The Morgan fingerprint density at radius 1 is 1.13 bits per heavy atom. The average Bonchev–Trinajstić information content (AvgIpc) is 2.56. The lowest BCUT2D eigenvalue weighted by Gasteiger charge is -2.35. The van der Waals surface area contributed by atoms with E-state index in [1.165, 1.54) is 13.9 Å². The molecular weight excluding hydrogens is 454 g/mol. The van der Waals surface area contributed by atoms with E-state index in [1.807, 2.05) is 0 Å². The van der Waals surface area contributed by atoms with E-state index in [4.69, 9.17) is 4.55 Å². The Balaban J connectivity index is 3.71. The second-order valence-corrected chi connectivity index (χ2v) is 8.13. The minimum Gasteiger partial charge on any atom is -0.435 e. The number of ether oxygens (including phenoxy) is 1. The van der Waals surface area contributed by atoms with Crippen LogP contribution in [0.25, 0.3) is 0 Å². The molecule has 0 radical (unpaired) electrons. The van der Waals surface area contributed by atoms with Gasteiger partial charge >= 0.3 is 23.9 Å². The van der Waals surface area contributed by atoms with Crippen molar-refractivity contribution in [2.45, 2.75) is 37.5 Å². The van der Waals surface area contributed by atoms with Gasteiger partial charge in [-0.15, -0.1) is 0 Å². The Morgan fingerprint density at radius 2 is 1.65 bits per heavy atom. The van der Waals surface area contributed by atoms with Crippen molar-refractivity contribution in [1.82, 2.24) is 0 Å². The number of hydrogen-bond donors (Lipinski definition) is 2. The van der Waals surface area contributed by atoms with Crippen molar-refractivity contribution in [3.05, 3.63) is 41.1 Å². The first-order chi connectivity index (χ1) is 13.9. The quantitative estimate of drug-likeness (QED) is 0.259. The molecule has 0 saturated heterocycles.